The number of nitrogens with one attached hydrogen (secondary N) is 1. The Morgan fingerprint density at radius 2 is 2.08 bits per heavy atom. The summed E-state index contributed by atoms with van der Waals surface area (Å²) in [6, 6.07) is 10.3. The zero-order valence-corrected chi connectivity index (χ0v) is 7.21. The molecule has 1 aromatic carbocycles. The third kappa shape index (κ3) is 1.24. The smallest absolute Gasteiger partial charge is 0.113 e. The van der Waals surface area contributed by atoms with Crippen molar-refractivity contribution < 1.29 is 4.84 Å². The van der Waals surface area contributed by atoms with Crippen molar-refractivity contribution in [1.82, 2.24) is 5.48 Å². The van der Waals surface area contributed by atoms with Gasteiger partial charge >= 0.3 is 0 Å². The number of hydroxylamine groups is 1. The molecule has 0 bridgehead atoms. The second-order valence-corrected chi connectivity index (χ2v) is 3.34. The third-order valence-corrected chi connectivity index (χ3v) is 2.39. The monoisotopic (exact) mass is 163 g/mol. The van der Waals surface area contributed by atoms with Crippen LogP contribution in [0.1, 0.15) is 18.9 Å². The summed E-state index contributed by atoms with van der Waals surface area (Å²) in [4.78, 5) is 5.48. The fraction of sp³-hybridized carbons (Fsp3) is 0.400. The van der Waals surface area contributed by atoms with Crippen LogP contribution in [0.25, 0.3) is 0 Å². The lowest BCUT2D eigenvalue weighted by Crippen LogP contribution is -2.21. The van der Waals surface area contributed by atoms with Crippen molar-refractivity contribution in [2.75, 3.05) is 6.54 Å². The van der Waals surface area contributed by atoms with Gasteiger partial charge in [-0.15, -0.1) is 0 Å². The minimum absolute atomic E-state index is 0.124. The molecular weight excluding hydrogens is 150 g/mol. The molecule has 0 aromatic heterocycles. The van der Waals surface area contributed by atoms with Gasteiger partial charge in [0.1, 0.15) is 5.60 Å². The Morgan fingerprint density at radius 1 is 1.33 bits per heavy atom. The lowest BCUT2D eigenvalue weighted by Gasteiger charge is -2.21. The van der Waals surface area contributed by atoms with Gasteiger partial charge in [0, 0.05) is 6.54 Å². The van der Waals surface area contributed by atoms with Crippen molar-refractivity contribution in [3.63, 3.8) is 0 Å². The van der Waals surface area contributed by atoms with Crippen LogP contribution in [-0.4, -0.2) is 6.54 Å². The van der Waals surface area contributed by atoms with Gasteiger partial charge < -0.3 is 0 Å². The normalized spacial score (nSPS) is 29.1. The van der Waals surface area contributed by atoms with Crippen LogP contribution in [0.2, 0.25) is 0 Å². The van der Waals surface area contributed by atoms with E-state index in [1.54, 1.807) is 0 Å². The van der Waals surface area contributed by atoms with E-state index >= 15 is 0 Å². The van der Waals surface area contributed by atoms with E-state index in [4.69, 9.17) is 4.84 Å². The minimum Gasteiger partial charge on any atom is -0.291 e. The molecule has 1 heterocycles. The Balaban J connectivity index is 2.29. The third-order valence-electron chi connectivity index (χ3n) is 2.39. The fourth-order valence-electron chi connectivity index (χ4n) is 1.54. The quantitative estimate of drug-likeness (QED) is 0.682. The van der Waals surface area contributed by atoms with E-state index in [9.17, 15) is 0 Å². The largest absolute Gasteiger partial charge is 0.291 e. The average molecular weight is 163 g/mol. The van der Waals surface area contributed by atoms with Gasteiger partial charge in [-0.25, -0.2) is 5.48 Å². The maximum absolute atomic E-state index is 5.48. The van der Waals surface area contributed by atoms with E-state index in [0.717, 1.165) is 13.0 Å². The van der Waals surface area contributed by atoms with Gasteiger partial charge in [-0.1, -0.05) is 30.3 Å². The molecule has 1 atom stereocenters. The van der Waals surface area contributed by atoms with Crippen LogP contribution < -0.4 is 5.48 Å². The molecule has 1 aromatic rings. The maximum atomic E-state index is 5.48. The van der Waals surface area contributed by atoms with Gasteiger partial charge in [-0.2, -0.15) is 0 Å². The van der Waals surface area contributed by atoms with Crippen LogP contribution in [-0.2, 0) is 10.4 Å². The van der Waals surface area contributed by atoms with E-state index in [-0.39, 0.29) is 5.60 Å². The van der Waals surface area contributed by atoms with Crippen molar-refractivity contribution in [2.45, 2.75) is 18.9 Å². The van der Waals surface area contributed by atoms with Gasteiger partial charge in [-0.3, -0.25) is 4.84 Å². The molecule has 0 aliphatic carbocycles. The second-order valence-electron chi connectivity index (χ2n) is 3.34. The Hall–Kier alpha value is -0.860. The first kappa shape index (κ1) is 7.77. The summed E-state index contributed by atoms with van der Waals surface area (Å²) >= 11 is 0. The standard InChI is InChI=1S/C10H13NO/c1-10(7-8-11-12-10)9-5-3-2-4-6-9/h2-6,11H,7-8H2,1H3. The van der Waals surface area contributed by atoms with E-state index in [0.29, 0.717) is 0 Å². The highest BCUT2D eigenvalue weighted by Crippen LogP contribution is 2.30. The molecule has 0 spiro atoms. The molecule has 0 amide bonds. The molecule has 2 heteroatoms. The highest BCUT2D eigenvalue weighted by Gasteiger charge is 2.31. The molecule has 12 heavy (non-hydrogen) atoms. The molecule has 1 aliphatic heterocycles. The average Bonchev–Trinajstić information content (AvgIpc) is 2.55. The number of benzene rings is 1. The van der Waals surface area contributed by atoms with E-state index in [1.807, 2.05) is 18.2 Å². The van der Waals surface area contributed by atoms with Gasteiger partial charge in [0.15, 0.2) is 0 Å². The van der Waals surface area contributed by atoms with Gasteiger partial charge in [0.25, 0.3) is 0 Å². The molecule has 0 saturated carbocycles. The second kappa shape index (κ2) is 2.88. The molecule has 1 saturated heterocycles. The van der Waals surface area contributed by atoms with Crippen LogP contribution in [0.15, 0.2) is 30.3 Å². The van der Waals surface area contributed by atoms with Crippen LogP contribution in [0.3, 0.4) is 0 Å². The zero-order valence-electron chi connectivity index (χ0n) is 7.21. The first-order chi connectivity index (χ1) is 5.81. The number of hydrogen-bond acceptors (Lipinski definition) is 2. The molecule has 1 aliphatic rings. The van der Waals surface area contributed by atoms with Crippen molar-refractivity contribution in [3.8, 4) is 0 Å². The SMILES string of the molecule is CC1(c2ccccc2)CCNO1. The first-order valence-electron chi connectivity index (χ1n) is 4.28. The highest BCUT2D eigenvalue weighted by atomic mass is 16.7. The number of rotatable bonds is 1. The number of hydrogen-bond donors (Lipinski definition) is 1. The predicted octanol–water partition coefficient (Wildman–Crippen LogP) is 1.83. The summed E-state index contributed by atoms with van der Waals surface area (Å²) in [6.07, 6.45) is 1.04. The zero-order chi connectivity index (χ0) is 8.44. The summed E-state index contributed by atoms with van der Waals surface area (Å²) in [7, 11) is 0. The molecular formula is C10H13NO. The summed E-state index contributed by atoms with van der Waals surface area (Å²) in [5.74, 6) is 0. The van der Waals surface area contributed by atoms with Crippen molar-refractivity contribution in [3.05, 3.63) is 35.9 Å². The minimum atomic E-state index is -0.124. The molecule has 1 N–H and O–H groups in total. The highest BCUT2D eigenvalue weighted by molar-refractivity contribution is 5.22. The van der Waals surface area contributed by atoms with Crippen molar-refractivity contribution in [1.29, 1.82) is 0 Å². The summed E-state index contributed by atoms with van der Waals surface area (Å²) in [5, 5.41) is 0. The Kier molecular flexibility index (Phi) is 1.87. The summed E-state index contributed by atoms with van der Waals surface area (Å²) in [5.41, 5.74) is 4.03. The predicted molar refractivity (Wildman–Crippen MR) is 47.5 cm³/mol. The first-order valence-corrected chi connectivity index (χ1v) is 4.28. The maximum Gasteiger partial charge on any atom is 0.113 e. The van der Waals surface area contributed by atoms with Crippen LogP contribution in [0.5, 0.6) is 0 Å². The van der Waals surface area contributed by atoms with Gasteiger partial charge in [0.2, 0.25) is 0 Å². The van der Waals surface area contributed by atoms with Crippen LogP contribution >= 0.6 is 0 Å². The van der Waals surface area contributed by atoms with Gasteiger partial charge in [0.05, 0.1) is 0 Å². The molecule has 64 valence electrons. The van der Waals surface area contributed by atoms with Crippen LogP contribution in [0, 0.1) is 0 Å². The molecule has 1 fully saturated rings. The Labute approximate surface area is 72.5 Å². The lowest BCUT2D eigenvalue weighted by atomic mass is 9.93. The van der Waals surface area contributed by atoms with Crippen LogP contribution in [0.4, 0.5) is 0 Å². The molecule has 2 rings (SSSR count). The Bertz CT molecular complexity index is 252. The summed E-state index contributed by atoms with van der Waals surface area (Å²) < 4.78 is 0. The molecule has 2 nitrogen and oxygen atoms in total. The molecule has 0 radical (unpaired) electrons. The van der Waals surface area contributed by atoms with Crippen molar-refractivity contribution in [2.24, 2.45) is 0 Å². The fourth-order valence-corrected chi connectivity index (χ4v) is 1.54. The van der Waals surface area contributed by atoms with Crippen molar-refractivity contribution >= 4 is 0 Å². The van der Waals surface area contributed by atoms with E-state index in [1.165, 1.54) is 5.56 Å². The Morgan fingerprint density at radius 3 is 2.67 bits per heavy atom. The summed E-state index contributed by atoms with van der Waals surface area (Å²) in [6.45, 7) is 3.05. The lowest BCUT2D eigenvalue weighted by molar-refractivity contribution is -0.0441. The topological polar surface area (TPSA) is 21.3 Å². The van der Waals surface area contributed by atoms with E-state index in [2.05, 4.69) is 24.5 Å². The van der Waals surface area contributed by atoms with E-state index < -0.39 is 0 Å². The molecule has 1 unspecified atom stereocenters. The van der Waals surface area contributed by atoms with Gasteiger partial charge in [-0.05, 0) is 18.9 Å².